The summed E-state index contributed by atoms with van der Waals surface area (Å²) in [6.45, 7) is 4.21. The van der Waals surface area contributed by atoms with Gasteiger partial charge in [0.25, 0.3) is 0 Å². The van der Waals surface area contributed by atoms with Gasteiger partial charge in [-0.3, -0.25) is 0 Å². The fourth-order valence-electron chi connectivity index (χ4n) is 0.142. The maximum atomic E-state index is 4.52. The molecule has 0 rings (SSSR count). The number of hydrogen-bond acceptors (Lipinski definition) is 1. The van der Waals surface area contributed by atoms with Crippen molar-refractivity contribution in [2.24, 2.45) is 0 Å². The largest absolute Gasteiger partial charge is 0.418 e. The monoisotopic (exact) mass is 99.0 g/mol. The van der Waals surface area contributed by atoms with E-state index in [1.807, 2.05) is 0 Å². The van der Waals surface area contributed by atoms with Crippen molar-refractivity contribution in [3.63, 3.8) is 0 Å². The van der Waals surface area contributed by atoms with E-state index in [2.05, 4.69) is 21.5 Å². The van der Waals surface area contributed by atoms with E-state index in [4.69, 9.17) is 0 Å². The summed E-state index contributed by atoms with van der Waals surface area (Å²) < 4.78 is 4.52. The van der Waals surface area contributed by atoms with Crippen LogP contribution in [0, 0.1) is 0 Å². The summed E-state index contributed by atoms with van der Waals surface area (Å²) in [5.74, 6) is 0. The normalized spacial score (nSPS) is 8.17. The lowest BCUT2D eigenvalue weighted by Crippen LogP contribution is -1.84. The molecule has 0 amide bonds. The minimum absolute atomic E-state index is 0.709. The molecule has 0 aromatic rings. The van der Waals surface area contributed by atoms with E-state index >= 15 is 0 Å². The van der Waals surface area contributed by atoms with E-state index in [9.17, 15) is 0 Å². The van der Waals surface area contributed by atoms with E-state index in [1.165, 1.54) is 0 Å². The summed E-state index contributed by atoms with van der Waals surface area (Å²) in [5, 5.41) is 0. The highest BCUT2D eigenvalue weighted by Crippen LogP contribution is 1.75. The summed E-state index contributed by atoms with van der Waals surface area (Å²) in [5.41, 5.74) is 0. The molecule has 0 aliphatic carbocycles. The Morgan fingerprint density at radius 1 is 1.83 bits per heavy atom. The van der Waals surface area contributed by atoms with Crippen molar-refractivity contribution < 1.29 is 4.43 Å². The summed E-state index contributed by atoms with van der Waals surface area (Å²) in [6, 6.07) is 0. The molecule has 0 aromatic heterocycles. The predicted octanol–water partition coefficient (Wildman–Crippen LogP) is 0.663. The van der Waals surface area contributed by atoms with Gasteiger partial charge in [0, 0.05) is 6.61 Å². The van der Waals surface area contributed by atoms with Gasteiger partial charge in [0.1, 0.15) is 0 Å². The molecular weight excluding hydrogens is 92.1 g/mol. The predicted molar refractivity (Wildman–Crippen MR) is 26.5 cm³/mol. The molecule has 0 unspecified atom stereocenters. The van der Waals surface area contributed by atoms with Crippen LogP contribution in [-0.4, -0.2) is 17.1 Å². The number of hydrogen-bond donors (Lipinski definition) is 0. The lowest BCUT2D eigenvalue weighted by molar-refractivity contribution is 0.358. The van der Waals surface area contributed by atoms with Crippen LogP contribution in [-0.2, 0) is 4.43 Å². The zero-order valence-corrected chi connectivity index (χ0v) is 4.61. The van der Waals surface area contributed by atoms with Crippen LogP contribution in [0.2, 0.25) is 0 Å². The Morgan fingerprint density at radius 2 is 2.50 bits per heavy atom. The minimum atomic E-state index is 0.709. The summed E-state index contributed by atoms with van der Waals surface area (Å²) in [6.07, 6.45) is 2.71. The molecule has 1 nitrogen and oxygen atoms in total. The SMILES string of the molecule is C=CCCO[Si]. The van der Waals surface area contributed by atoms with Crippen molar-refractivity contribution in [1.82, 2.24) is 0 Å². The molecule has 0 bridgehead atoms. The second kappa shape index (κ2) is 4.92. The van der Waals surface area contributed by atoms with Crippen LogP contribution in [0.5, 0.6) is 0 Å². The van der Waals surface area contributed by atoms with Crippen LogP contribution in [0.15, 0.2) is 12.7 Å². The number of rotatable bonds is 3. The molecule has 0 heterocycles. The smallest absolute Gasteiger partial charge is 0.246 e. The van der Waals surface area contributed by atoms with Crippen LogP contribution in [0.25, 0.3) is 0 Å². The molecule has 2 heteroatoms. The molecule has 0 aliphatic heterocycles. The lowest BCUT2D eigenvalue weighted by atomic mass is 10.5. The van der Waals surface area contributed by atoms with E-state index in [0.717, 1.165) is 6.42 Å². The maximum Gasteiger partial charge on any atom is 0.246 e. The average molecular weight is 99.2 g/mol. The van der Waals surface area contributed by atoms with Gasteiger partial charge in [0.2, 0.25) is 10.5 Å². The Hall–Kier alpha value is -0.0831. The van der Waals surface area contributed by atoms with Gasteiger partial charge in [-0.2, -0.15) is 0 Å². The molecule has 6 heavy (non-hydrogen) atoms. The van der Waals surface area contributed by atoms with Gasteiger partial charge in [-0.15, -0.1) is 6.58 Å². The fourth-order valence-corrected chi connectivity index (χ4v) is 0.260. The van der Waals surface area contributed by atoms with Gasteiger partial charge in [-0.1, -0.05) is 6.08 Å². The van der Waals surface area contributed by atoms with Crippen molar-refractivity contribution in [1.29, 1.82) is 0 Å². The van der Waals surface area contributed by atoms with E-state index in [1.54, 1.807) is 6.08 Å². The van der Waals surface area contributed by atoms with Gasteiger partial charge in [-0.05, 0) is 6.42 Å². The third-order valence-electron chi connectivity index (χ3n) is 0.424. The van der Waals surface area contributed by atoms with Gasteiger partial charge in [-0.25, -0.2) is 0 Å². The first-order valence-corrected chi connectivity index (χ1v) is 2.22. The standard InChI is InChI=1S/C4H7OSi/c1-2-3-4-5-6/h2H,1,3-4H2. The molecule has 0 fully saturated rings. The first-order chi connectivity index (χ1) is 2.91. The van der Waals surface area contributed by atoms with Crippen LogP contribution >= 0.6 is 0 Å². The highest BCUT2D eigenvalue weighted by molar-refractivity contribution is 5.97. The third kappa shape index (κ3) is 3.92. The molecule has 0 saturated carbocycles. The first kappa shape index (κ1) is 5.92. The van der Waals surface area contributed by atoms with Gasteiger partial charge in [0.15, 0.2) is 0 Å². The molecule has 0 N–H and O–H groups in total. The zero-order valence-electron chi connectivity index (χ0n) is 3.61. The summed E-state index contributed by atoms with van der Waals surface area (Å²) in [4.78, 5) is 0. The maximum absolute atomic E-state index is 4.52. The Bertz CT molecular complexity index is 36.5. The van der Waals surface area contributed by atoms with E-state index in [0.29, 0.717) is 6.61 Å². The van der Waals surface area contributed by atoms with Crippen molar-refractivity contribution in [2.75, 3.05) is 6.61 Å². The van der Waals surface area contributed by atoms with Crippen LogP contribution in [0.1, 0.15) is 6.42 Å². The molecule has 33 valence electrons. The quantitative estimate of drug-likeness (QED) is 0.287. The van der Waals surface area contributed by atoms with Gasteiger partial charge >= 0.3 is 0 Å². The van der Waals surface area contributed by atoms with E-state index < -0.39 is 0 Å². The fraction of sp³-hybridized carbons (Fsp3) is 0.500. The highest BCUT2D eigenvalue weighted by Gasteiger charge is 1.70. The Kier molecular flexibility index (Phi) is 4.85. The molecular formula is C4H7OSi. The van der Waals surface area contributed by atoms with Crippen LogP contribution in [0.3, 0.4) is 0 Å². The lowest BCUT2D eigenvalue weighted by Gasteiger charge is -1.86. The van der Waals surface area contributed by atoms with Crippen LogP contribution in [0.4, 0.5) is 0 Å². The minimum Gasteiger partial charge on any atom is -0.418 e. The second-order valence-corrected chi connectivity index (χ2v) is 1.21. The molecule has 0 aromatic carbocycles. The van der Waals surface area contributed by atoms with Crippen molar-refractivity contribution in [2.45, 2.75) is 6.42 Å². The Morgan fingerprint density at radius 3 is 2.67 bits per heavy atom. The first-order valence-electron chi connectivity index (χ1n) is 1.81. The van der Waals surface area contributed by atoms with Gasteiger partial charge < -0.3 is 4.43 Å². The topological polar surface area (TPSA) is 9.23 Å². The third-order valence-corrected chi connectivity index (χ3v) is 0.628. The molecule has 0 saturated heterocycles. The van der Waals surface area contributed by atoms with Crippen molar-refractivity contribution in [3.8, 4) is 0 Å². The van der Waals surface area contributed by atoms with E-state index in [-0.39, 0.29) is 0 Å². The zero-order chi connectivity index (χ0) is 4.83. The molecule has 0 aliphatic rings. The Balaban J connectivity index is 2.49. The van der Waals surface area contributed by atoms with Crippen molar-refractivity contribution >= 4 is 10.5 Å². The van der Waals surface area contributed by atoms with Gasteiger partial charge in [0.05, 0.1) is 0 Å². The van der Waals surface area contributed by atoms with Crippen LogP contribution < -0.4 is 0 Å². The summed E-state index contributed by atoms with van der Waals surface area (Å²) in [7, 11) is 2.84. The molecule has 0 spiro atoms. The average Bonchev–Trinajstić information content (AvgIpc) is 1.61. The Labute approximate surface area is 41.6 Å². The molecule has 0 atom stereocenters. The van der Waals surface area contributed by atoms with Crippen molar-refractivity contribution in [3.05, 3.63) is 12.7 Å². The summed E-state index contributed by atoms with van der Waals surface area (Å²) >= 11 is 0. The highest BCUT2D eigenvalue weighted by atomic mass is 28.2. The molecule has 3 radical (unpaired) electrons. The second-order valence-electron chi connectivity index (χ2n) is 0.926.